The van der Waals surface area contributed by atoms with Gasteiger partial charge in [-0.1, -0.05) is 36.4 Å². The average molecular weight is 340 g/mol. The van der Waals surface area contributed by atoms with E-state index in [2.05, 4.69) is 5.32 Å². The van der Waals surface area contributed by atoms with Gasteiger partial charge in [0.05, 0.1) is 11.3 Å². The fourth-order valence-corrected chi connectivity index (χ4v) is 2.68. The first-order chi connectivity index (χ1) is 11.6. The number of alkyl halides is 1. The summed E-state index contributed by atoms with van der Waals surface area (Å²) in [6, 6.07) is 17.5. The van der Waals surface area contributed by atoms with E-state index in [0.717, 1.165) is 16.3 Å². The number of fused-ring (bicyclic) bond motifs is 1. The van der Waals surface area contributed by atoms with Crippen LogP contribution in [0, 0.1) is 0 Å². The first-order valence-electron chi connectivity index (χ1n) is 7.31. The van der Waals surface area contributed by atoms with Crippen molar-refractivity contribution in [1.29, 1.82) is 0 Å². The number of hydrogen-bond acceptors (Lipinski definition) is 2. The number of amides is 1. The number of carbonyl (C=O) groups is 2. The molecule has 0 aliphatic rings. The van der Waals surface area contributed by atoms with Gasteiger partial charge >= 0.3 is 5.97 Å². The number of carbonyl (C=O) groups excluding carboxylic acids is 1. The fourth-order valence-electron chi connectivity index (χ4n) is 2.51. The van der Waals surface area contributed by atoms with Gasteiger partial charge in [0, 0.05) is 11.4 Å². The minimum Gasteiger partial charge on any atom is -0.478 e. The van der Waals surface area contributed by atoms with Crippen molar-refractivity contribution >= 4 is 39.9 Å². The average Bonchev–Trinajstić information content (AvgIpc) is 2.61. The van der Waals surface area contributed by atoms with Gasteiger partial charge in [-0.15, -0.1) is 11.6 Å². The first kappa shape index (κ1) is 16.0. The van der Waals surface area contributed by atoms with Crippen LogP contribution in [-0.2, 0) is 5.88 Å². The molecule has 0 unspecified atom stereocenters. The van der Waals surface area contributed by atoms with Gasteiger partial charge in [-0.3, -0.25) is 4.79 Å². The fraction of sp³-hybridized carbons (Fsp3) is 0.0526. The SMILES string of the molecule is O=C(Nc1cc2ccccc2cc1C(=O)O)c1cccc(CCl)c1. The zero-order valence-electron chi connectivity index (χ0n) is 12.6. The molecule has 120 valence electrons. The van der Waals surface area contributed by atoms with Crippen LogP contribution in [0.3, 0.4) is 0 Å². The number of anilines is 1. The zero-order chi connectivity index (χ0) is 17.1. The quantitative estimate of drug-likeness (QED) is 0.686. The van der Waals surface area contributed by atoms with E-state index in [1.54, 1.807) is 30.3 Å². The highest BCUT2D eigenvalue weighted by Crippen LogP contribution is 2.25. The molecule has 3 aromatic rings. The maximum atomic E-state index is 12.4. The van der Waals surface area contributed by atoms with Crippen LogP contribution in [0.25, 0.3) is 10.8 Å². The number of nitrogens with one attached hydrogen (secondary N) is 1. The molecular formula is C19H14ClNO3. The molecule has 3 rings (SSSR count). The number of carboxylic acids is 1. The number of halogens is 1. The molecule has 0 saturated carbocycles. The van der Waals surface area contributed by atoms with Gasteiger partial charge in [-0.05, 0) is 40.6 Å². The molecule has 0 radical (unpaired) electrons. The topological polar surface area (TPSA) is 66.4 Å². The Morgan fingerprint density at radius 3 is 2.33 bits per heavy atom. The van der Waals surface area contributed by atoms with E-state index in [1.807, 2.05) is 30.3 Å². The normalized spacial score (nSPS) is 10.5. The van der Waals surface area contributed by atoms with Gasteiger partial charge in [0.1, 0.15) is 0 Å². The van der Waals surface area contributed by atoms with Crippen molar-refractivity contribution in [3.05, 3.63) is 77.4 Å². The summed E-state index contributed by atoms with van der Waals surface area (Å²) in [4.78, 5) is 24.0. The highest BCUT2D eigenvalue weighted by molar-refractivity contribution is 6.17. The zero-order valence-corrected chi connectivity index (χ0v) is 13.4. The molecule has 5 heteroatoms. The van der Waals surface area contributed by atoms with Crippen LogP contribution in [0.4, 0.5) is 5.69 Å². The van der Waals surface area contributed by atoms with E-state index >= 15 is 0 Å². The number of carboxylic acid groups (broad SMARTS) is 1. The Bertz CT molecular complexity index is 937. The smallest absolute Gasteiger partial charge is 0.337 e. The monoisotopic (exact) mass is 339 g/mol. The van der Waals surface area contributed by atoms with Crippen LogP contribution in [0.1, 0.15) is 26.3 Å². The van der Waals surface area contributed by atoms with Crippen LogP contribution in [0.15, 0.2) is 60.7 Å². The molecule has 0 saturated heterocycles. The molecule has 24 heavy (non-hydrogen) atoms. The maximum Gasteiger partial charge on any atom is 0.337 e. The second-order valence-electron chi connectivity index (χ2n) is 5.34. The molecule has 2 N–H and O–H groups in total. The van der Waals surface area contributed by atoms with Crippen LogP contribution in [-0.4, -0.2) is 17.0 Å². The van der Waals surface area contributed by atoms with Gasteiger partial charge in [0.2, 0.25) is 0 Å². The van der Waals surface area contributed by atoms with Gasteiger partial charge in [0.15, 0.2) is 0 Å². The van der Waals surface area contributed by atoms with Crippen molar-refractivity contribution < 1.29 is 14.7 Å². The molecule has 0 aliphatic heterocycles. The standard InChI is InChI=1S/C19H14ClNO3/c20-11-12-4-3-7-15(8-12)18(22)21-17-10-14-6-2-1-5-13(14)9-16(17)19(23)24/h1-10H,11H2,(H,21,22)(H,23,24). The number of benzene rings is 3. The number of rotatable bonds is 4. The van der Waals surface area contributed by atoms with E-state index in [0.29, 0.717) is 11.4 Å². The molecule has 1 amide bonds. The Kier molecular flexibility index (Phi) is 4.49. The minimum atomic E-state index is -1.09. The van der Waals surface area contributed by atoms with E-state index in [9.17, 15) is 14.7 Å². The summed E-state index contributed by atoms with van der Waals surface area (Å²) in [5.41, 5.74) is 1.57. The molecule has 0 spiro atoms. The van der Waals surface area contributed by atoms with E-state index in [-0.39, 0.29) is 17.2 Å². The van der Waals surface area contributed by atoms with Crippen molar-refractivity contribution in [2.45, 2.75) is 5.88 Å². The van der Waals surface area contributed by atoms with Crippen molar-refractivity contribution in [1.82, 2.24) is 0 Å². The molecule has 0 aliphatic carbocycles. The summed E-state index contributed by atoms with van der Waals surface area (Å²) in [6.45, 7) is 0. The molecule has 3 aromatic carbocycles. The van der Waals surface area contributed by atoms with Crippen molar-refractivity contribution in [3.8, 4) is 0 Å². The molecule has 0 bridgehead atoms. The number of aromatic carboxylic acids is 1. The second kappa shape index (κ2) is 6.72. The summed E-state index contributed by atoms with van der Waals surface area (Å²) < 4.78 is 0. The Balaban J connectivity index is 2.00. The summed E-state index contributed by atoms with van der Waals surface area (Å²) >= 11 is 5.79. The van der Waals surface area contributed by atoms with Gasteiger partial charge in [0.25, 0.3) is 5.91 Å². The lowest BCUT2D eigenvalue weighted by molar-refractivity contribution is 0.0698. The van der Waals surface area contributed by atoms with Crippen molar-refractivity contribution in [3.63, 3.8) is 0 Å². The molecule has 0 aromatic heterocycles. The highest BCUT2D eigenvalue weighted by atomic mass is 35.5. The summed E-state index contributed by atoms with van der Waals surface area (Å²) in [7, 11) is 0. The van der Waals surface area contributed by atoms with E-state index < -0.39 is 5.97 Å². The van der Waals surface area contributed by atoms with Crippen LogP contribution in [0.5, 0.6) is 0 Å². The Morgan fingerprint density at radius 2 is 1.67 bits per heavy atom. The predicted octanol–water partition coefficient (Wildman–Crippen LogP) is 4.53. The Hall–Kier alpha value is -2.85. The number of hydrogen-bond donors (Lipinski definition) is 2. The lowest BCUT2D eigenvalue weighted by Gasteiger charge is -2.11. The van der Waals surface area contributed by atoms with Crippen LogP contribution in [0.2, 0.25) is 0 Å². The minimum absolute atomic E-state index is 0.0514. The summed E-state index contributed by atoms with van der Waals surface area (Å²) in [5, 5.41) is 13.8. The lowest BCUT2D eigenvalue weighted by Crippen LogP contribution is -2.15. The van der Waals surface area contributed by atoms with E-state index in [4.69, 9.17) is 11.6 Å². The molecule has 0 heterocycles. The Labute approximate surface area is 143 Å². The van der Waals surface area contributed by atoms with E-state index in [1.165, 1.54) is 0 Å². The molecule has 0 atom stereocenters. The second-order valence-corrected chi connectivity index (χ2v) is 5.61. The maximum absolute atomic E-state index is 12.4. The summed E-state index contributed by atoms with van der Waals surface area (Å²) in [5.74, 6) is -1.16. The van der Waals surface area contributed by atoms with Crippen molar-refractivity contribution in [2.24, 2.45) is 0 Å². The summed E-state index contributed by atoms with van der Waals surface area (Å²) in [6.07, 6.45) is 0. The first-order valence-corrected chi connectivity index (χ1v) is 7.84. The molecular weight excluding hydrogens is 326 g/mol. The third-order valence-electron chi connectivity index (χ3n) is 3.71. The predicted molar refractivity (Wildman–Crippen MR) is 94.9 cm³/mol. The lowest BCUT2D eigenvalue weighted by atomic mass is 10.0. The van der Waals surface area contributed by atoms with Gasteiger partial charge < -0.3 is 10.4 Å². The van der Waals surface area contributed by atoms with Gasteiger partial charge in [-0.2, -0.15) is 0 Å². The Morgan fingerprint density at radius 1 is 0.958 bits per heavy atom. The highest BCUT2D eigenvalue weighted by Gasteiger charge is 2.15. The molecule has 4 nitrogen and oxygen atoms in total. The van der Waals surface area contributed by atoms with Crippen LogP contribution >= 0.6 is 11.6 Å². The third kappa shape index (κ3) is 3.24. The van der Waals surface area contributed by atoms with Gasteiger partial charge in [-0.25, -0.2) is 4.79 Å². The van der Waals surface area contributed by atoms with Crippen molar-refractivity contribution in [2.75, 3.05) is 5.32 Å². The van der Waals surface area contributed by atoms with Crippen LogP contribution < -0.4 is 5.32 Å². The molecule has 0 fully saturated rings. The largest absolute Gasteiger partial charge is 0.478 e. The third-order valence-corrected chi connectivity index (χ3v) is 4.02.